The monoisotopic (exact) mass is 240 g/mol. The molecule has 2 rings (SSSR count). The minimum Gasteiger partial charge on any atom is -0.381 e. The highest BCUT2D eigenvalue weighted by atomic mass is 16.5. The molecule has 4 nitrogen and oxygen atoms in total. The summed E-state index contributed by atoms with van der Waals surface area (Å²) < 4.78 is 5.39. The van der Waals surface area contributed by atoms with Crippen LogP contribution in [-0.2, 0) is 9.53 Å². The highest BCUT2D eigenvalue weighted by Crippen LogP contribution is 2.21. The Hall–Kier alpha value is -0.610. The van der Waals surface area contributed by atoms with E-state index in [2.05, 4.69) is 17.1 Å². The molecule has 1 N–H and O–H groups in total. The number of likely N-dealkylation sites (tertiary alicyclic amines) is 1. The van der Waals surface area contributed by atoms with E-state index in [9.17, 15) is 4.79 Å². The van der Waals surface area contributed by atoms with E-state index in [1.807, 2.05) is 7.05 Å². The standard InChI is InChI=1S/C13H24N2O2/c1-10-3-4-12(14-2)13(16)15(7-10)8-11-5-6-17-9-11/h10-12,14H,3-9H2,1-2H3. The summed E-state index contributed by atoms with van der Waals surface area (Å²) in [7, 11) is 1.88. The van der Waals surface area contributed by atoms with Crippen LogP contribution in [0.3, 0.4) is 0 Å². The second kappa shape index (κ2) is 5.83. The number of ether oxygens (including phenoxy) is 1. The van der Waals surface area contributed by atoms with Crippen molar-refractivity contribution in [1.29, 1.82) is 0 Å². The van der Waals surface area contributed by atoms with E-state index in [4.69, 9.17) is 4.74 Å². The van der Waals surface area contributed by atoms with E-state index < -0.39 is 0 Å². The molecule has 3 atom stereocenters. The lowest BCUT2D eigenvalue weighted by Gasteiger charge is -2.27. The predicted octanol–water partition coefficient (Wildman–Crippen LogP) is 0.869. The van der Waals surface area contributed by atoms with E-state index in [-0.39, 0.29) is 11.9 Å². The molecule has 0 bridgehead atoms. The van der Waals surface area contributed by atoms with E-state index in [1.165, 1.54) is 0 Å². The molecule has 0 aromatic rings. The maximum atomic E-state index is 12.3. The van der Waals surface area contributed by atoms with Crippen molar-refractivity contribution < 1.29 is 9.53 Å². The Labute approximate surface area is 104 Å². The third-order valence-electron chi connectivity index (χ3n) is 3.94. The Kier molecular flexibility index (Phi) is 4.40. The molecular weight excluding hydrogens is 216 g/mol. The highest BCUT2D eigenvalue weighted by molar-refractivity contribution is 5.82. The van der Waals surface area contributed by atoms with E-state index in [0.717, 1.165) is 45.6 Å². The first-order valence-electron chi connectivity index (χ1n) is 6.74. The molecule has 0 spiro atoms. The highest BCUT2D eigenvalue weighted by Gasteiger charge is 2.30. The van der Waals surface area contributed by atoms with Gasteiger partial charge in [-0.15, -0.1) is 0 Å². The molecule has 3 unspecified atom stereocenters. The van der Waals surface area contributed by atoms with Crippen LogP contribution >= 0.6 is 0 Å². The predicted molar refractivity (Wildman–Crippen MR) is 66.8 cm³/mol. The van der Waals surface area contributed by atoms with Crippen LogP contribution in [0, 0.1) is 11.8 Å². The number of nitrogens with one attached hydrogen (secondary N) is 1. The van der Waals surface area contributed by atoms with Crippen molar-refractivity contribution in [2.45, 2.75) is 32.2 Å². The lowest BCUT2D eigenvalue weighted by atomic mass is 10.0. The van der Waals surface area contributed by atoms with Crippen molar-refractivity contribution in [2.24, 2.45) is 11.8 Å². The normalized spacial score (nSPS) is 35.1. The lowest BCUT2D eigenvalue weighted by molar-refractivity contribution is -0.133. The van der Waals surface area contributed by atoms with Crippen LogP contribution in [-0.4, -0.2) is 50.2 Å². The molecular formula is C13H24N2O2. The summed E-state index contributed by atoms with van der Waals surface area (Å²) in [5.74, 6) is 1.44. The summed E-state index contributed by atoms with van der Waals surface area (Å²) in [5.41, 5.74) is 0. The van der Waals surface area contributed by atoms with Crippen molar-refractivity contribution in [3.63, 3.8) is 0 Å². The first-order chi connectivity index (χ1) is 8.20. The van der Waals surface area contributed by atoms with Crippen LogP contribution < -0.4 is 5.32 Å². The SMILES string of the molecule is CNC1CCC(C)CN(CC2CCOC2)C1=O. The Bertz CT molecular complexity index is 264. The van der Waals surface area contributed by atoms with Crippen LogP contribution in [0.5, 0.6) is 0 Å². The maximum Gasteiger partial charge on any atom is 0.239 e. The van der Waals surface area contributed by atoms with Gasteiger partial charge in [0.05, 0.1) is 12.6 Å². The Morgan fingerprint density at radius 2 is 2.24 bits per heavy atom. The number of carbonyl (C=O) groups excluding carboxylic acids is 1. The van der Waals surface area contributed by atoms with Crippen LogP contribution in [0.2, 0.25) is 0 Å². The molecule has 0 radical (unpaired) electrons. The second-order valence-corrected chi connectivity index (χ2v) is 5.50. The molecule has 0 aliphatic carbocycles. The lowest BCUT2D eigenvalue weighted by Crippen LogP contribution is -2.46. The number of hydrogen-bond acceptors (Lipinski definition) is 3. The Balaban J connectivity index is 1.98. The Morgan fingerprint density at radius 1 is 1.41 bits per heavy atom. The van der Waals surface area contributed by atoms with Crippen LogP contribution in [0.1, 0.15) is 26.2 Å². The van der Waals surface area contributed by atoms with Gasteiger partial charge in [0.25, 0.3) is 0 Å². The maximum absolute atomic E-state index is 12.3. The van der Waals surface area contributed by atoms with Gasteiger partial charge in [-0.3, -0.25) is 4.79 Å². The third kappa shape index (κ3) is 3.19. The molecule has 0 saturated carbocycles. The van der Waals surface area contributed by atoms with Crippen LogP contribution in [0.15, 0.2) is 0 Å². The third-order valence-corrected chi connectivity index (χ3v) is 3.94. The van der Waals surface area contributed by atoms with Gasteiger partial charge in [0, 0.05) is 25.6 Å². The van der Waals surface area contributed by atoms with Gasteiger partial charge in [0.15, 0.2) is 0 Å². The smallest absolute Gasteiger partial charge is 0.239 e. The van der Waals surface area contributed by atoms with Gasteiger partial charge in [-0.25, -0.2) is 0 Å². The fraction of sp³-hybridized carbons (Fsp3) is 0.923. The minimum atomic E-state index is 0.0160. The number of nitrogens with zero attached hydrogens (tertiary/aromatic N) is 1. The molecule has 2 aliphatic rings. The van der Waals surface area contributed by atoms with Gasteiger partial charge in [0.2, 0.25) is 5.91 Å². The largest absolute Gasteiger partial charge is 0.381 e. The van der Waals surface area contributed by atoms with Crippen molar-refractivity contribution in [3.05, 3.63) is 0 Å². The van der Waals surface area contributed by atoms with Gasteiger partial charge in [-0.1, -0.05) is 6.92 Å². The molecule has 1 amide bonds. The molecule has 2 heterocycles. The van der Waals surface area contributed by atoms with E-state index in [0.29, 0.717) is 11.8 Å². The van der Waals surface area contributed by atoms with Crippen molar-refractivity contribution in [2.75, 3.05) is 33.4 Å². The van der Waals surface area contributed by atoms with Crippen LogP contribution in [0.4, 0.5) is 0 Å². The van der Waals surface area contributed by atoms with Crippen LogP contribution in [0.25, 0.3) is 0 Å². The van der Waals surface area contributed by atoms with E-state index in [1.54, 1.807) is 0 Å². The summed E-state index contributed by atoms with van der Waals surface area (Å²) in [6.45, 7) is 5.71. The molecule has 17 heavy (non-hydrogen) atoms. The average Bonchev–Trinajstić information content (AvgIpc) is 2.77. The molecule has 98 valence electrons. The van der Waals surface area contributed by atoms with Gasteiger partial charge in [-0.05, 0) is 32.2 Å². The number of carbonyl (C=O) groups is 1. The molecule has 0 aromatic carbocycles. The van der Waals surface area contributed by atoms with Gasteiger partial charge < -0.3 is 15.0 Å². The number of hydrogen-bond donors (Lipinski definition) is 1. The summed E-state index contributed by atoms with van der Waals surface area (Å²) in [5, 5.41) is 3.15. The minimum absolute atomic E-state index is 0.0160. The van der Waals surface area contributed by atoms with Gasteiger partial charge >= 0.3 is 0 Å². The summed E-state index contributed by atoms with van der Waals surface area (Å²) in [6.07, 6.45) is 3.20. The van der Waals surface area contributed by atoms with Crippen molar-refractivity contribution in [3.8, 4) is 0 Å². The number of amides is 1. The summed E-state index contributed by atoms with van der Waals surface area (Å²) in [4.78, 5) is 14.4. The van der Waals surface area contributed by atoms with Crippen molar-refractivity contribution in [1.82, 2.24) is 10.2 Å². The van der Waals surface area contributed by atoms with Crippen molar-refractivity contribution >= 4 is 5.91 Å². The topological polar surface area (TPSA) is 41.6 Å². The summed E-state index contributed by atoms with van der Waals surface area (Å²) in [6, 6.07) is 0.0160. The first kappa shape index (κ1) is 12.8. The van der Waals surface area contributed by atoms with Gasteiger partial charge in [0.1, 0.15) is 0 Å². The zero-order valence-electron chi connectivity index (χ0n) is 10.9. The second-order valence-electron chi connectivity index (χ2n) is 5.50. The quantitative estimate of drug-likeness (QED) is 0.796. The number of likely N-dealkylation sites (N-methyl/N-ethyl adjacent to an activating group) is 1. The molecule has 2 aliphatic heterocycles. The van der Waals surface area contributed by atoms with E-state index >= 15 is 0 Å². The molecule has 0 aromatic heterocycles. The fourth-order valence-corrected chi connectivity index (χ4v) is 2.82. The van der Waals surface area contributed by atoms with Gasteiger partial charge in [-0.2, -0.15) is 0 Å². The summed E-state index contributed by atoms with van der Waals surface area (Å²) >= 11 is 0. The first-order valence-corrected chi connectivity index (χ1v) is 6.74. The Morgan fingerprint density at radius 3 is 2.88 bits per heavy atom. The zero-order valence-corrected chi connectivity index (χ0v) is 10.9. The molecule has 4 heteroatoms. The molecule has 2 fully saturated rings. The molecule has 2 saturated heterocycles. The number of rotatable bonds is 3. The fourth-order valence-electron chi connectivity index (χ4n) is 2.82. The average molecular weight is 240 g/mol. The zero-order chi connectivity index (χ0) is 12.3.